The Bertz CT molecular complexity index is 189. The lowest BCUT2D eigenvalue weighted by Gasteiger charge is -1.78. The van der Waals surface area contributed by atoms with Gasteiger partial charge in [-0.2, -0.15) is 12.6 Å². The van der Waals surface area contributed by atoms with Crippen LogP contribution in [0.15, 0.2) is 10.5 Å². The second kappa shape index (κ2) is 3.28. The Morgan fingerprint density at radius 3 is 2.67 bits per heavy atom. The van der Waals surface area contributed by atoms with Gasteiger partial charge in [-0.05, 0) is 22.0 Å². The molecule has 0 aliphatic carbocycles. The van der Waals surface area contributed by atoms with E-state index < -0.39 is 0 Å². The van der Waals surface area contributed by atoms with Crippen molar-refractivity contribution in [3.05, 3.63) is 19.8 Å². The van der Waals surface area contributed by atoms with Gasteiger partial charge in [0.1, 0.15) is 4.34 Å². The average Bonchev–Trinajstić information content (AvgIpc) is 2.13. The summed E-state index contributed by atoms with van der Waals surface area (Å²) in [7, 11) is 0. The van der Waals surface area contributed by atoms with Gasteiger partial charge >= 0.3 is 0 Å². The maximum atomic E-state index is 5.75. The molecule has 9 heavy (non-hydrogen) atoms. The highest BCUT2D eigenvalue weighted by molar-refractivity contribution is 9.10. The summed E-state index contributed by atoms with van der Waals surface area (Å²) < 4.78 is 1.78. The molecule has 0 saturated carbocycles. The van der Waals surface area contributed by atoms with E-state index in [1.54, 1.807) is 11.3 Å². The minimum absolute atomic E-state index is 0.760. The van der Waals surface area contributed by atoms with Crippen LogP contribution in [0.2, 0.25) is 4.34 Å². The molecule has 0 radical (unpaired) electrons. The van der Waals surface area contributed by atoms with Crippen LogP contribution >= 0.6 is 51.5 Å². The van der Waals surface area contributed by atoms with Crippen molar-refractivity contribution in [3.63, 3.8) is 0 Å². The summed E-state index contributed by atoms with van der Waals surface area (Å²) in [5.74, 6) is 0.760. The molecule has 0 atom stereocenters. The van der Waals surface area contributed by atoms with Crippen LogP contribution in [0.3, 0.4) is 0 Å². The van der Waals surface area contributed by atoms with E-state index in [0.29, 0.717) is 0 Å². The molecule has 0 aliphatic heterocycles. The number of hydrogen-bond acceptors (Lipinski definition) is 2. The van der Waals surface area contributed by atoms with Gasteiger partial charge in [0.25, 0.3) is 0 Å². The predicted octanol–water partition coefficient (Wildman–Crippen LogP) is 3.59. The molecule has 0 N–H and O–H groups in total. The molecule has 0 fully saturated rings. The zero-order valence-corrected chi connectivity index (χ0v) is 8.45. The van der Waals surface area contributed by atoms with Gasteiger partial charge in [0.2, 0.25) is 0 Å². The fraction of sp³-hybridized carbons (Fsp3) is 0.200. The Balaban J connectivity index is 2.98. The number of halogens is 2. The Morgan fingerprint density at radius 1 is 1.78 bits per heavy atom. The van der Waals surface area contributed by atoms with E-state index in [4.69, 9.17) is 11.6 Å². The number of rotatable bonds is 1. The van der Waals surface area contributed by atoms with Crippen molar-refractivity contribution in [2.75, 3.05) is 0 Å². The molecule has 1 aromatic heterocycles. The standard InChI is InChI=1S/C5H4BrClS2/c6-4-1-3(2-8)9-5(4)7/h1,8H,2H2. The van der Waals surface area contributed by atoms with Crippen molar-refractivity contribution in [2.24, 2.45) is 0 Å². The van der Waals surface area contributed by atoms with Crippen LogP contribution in [0.4, 0.5) is 0 Å². The Morgan fingerprint density at radius 2 is 2.44 bits per heavy atom. The molecule has 50 valence electrons. The SMILES string of the molecule is SCc1cc(Br)c(Cl)s1. The Kier molecular flexibility index (Phi) is 2.89. The van der Waals surface area contributed by atoms with E-state index in [9.17, 15) is 0 Å². The molecule has 0 nitrogen and oxygen atoms in total. The van der Waals surface area contributed by atoms with E-state index in [1.165, 1.54) is 4.88 Å². The molecule has 1 aromatic rings. The fourth-order valence-corrected chi connectivity index (χ4v) is 2.40. The molecule has 0 spiro atoms. The van der Waals surface area contributed by atoms with Crippen molar-refractivity contribution < 1.29 is 0 Å². The van der Waals surface area contributed by atoms with Gasteiger partial charge in [0.15, 0.2) is 0 Å². The first-order chi connectivity index (χ1) is 4.24. The van der Waals surface area contributed by atoms with Crippen LogP contribution < -0.4 is 0 Å². The molecule has 1 heterocycles. The van der Waals surface area contributed by atoms with E-state index >= 15 is 0 Å². The van der Waals surface area contributed by atoms with Gasteiger partial charge in [-0.15, -0.1) is 11.3 Å². The zero-order valence-electron chi connectivity index (χ0n) is 4.40. The quantitative estimate of drug-likeness (QED) is 0.716. The number of hydrogen-bond donors (Lipinski definition) is 1. The minimum Gasteiger partial charge on any atom is -0.174 e. The highest BCUT2D eigenvalue weighted by Crippen LogP contribution is 2.32. The largest absolute Gasteiger partial charge is 0.174 e. The van der Waals surface area contributed by atoms with E-state index in [0.717, 1.165) is 14.6 Å². The van der Waals surface area contributed by atoms with E-state index in [-0.39, 0.29) is 0 Å². The summed E-state index contributed by atoms with van der Waals surface area (Å²) in [6.07, 6.45) is 0. The third kappa shape index (κ3) is 1.87. The van der Waals surface area contributed by atoms with Crippen LogP contribution in [0.25, 0.3) is 0 Å². The fourth-order valence-electron chi connectivity index (χ4n) is 0.469. The maximum Gasteiger partial charge on any atom is 0.107 e. The highest BCUT2D eigenvalue weighted by atomic mass is 79.9. The van der Waals surface area contributed by atoms with Crippen molar-refractivity contribution in [3.8, 4) is 0 Å². The second-order valence-electron chi connectivity index (χ2n) is 1.49. The van der Waals surface area contributed by atoms with Crippen molar-refractivity contribution >= 4 is 51.5 Å². The second-order valence-corrected chi connectivity index (χ2v) is 4.40. The summed E-state index contributed by atoms with van der Waals surface area (Å²) in [4.78, 5) is 1.19. The molecule has 4 heteroatoms. The lowest BCUT2D eigenvalue weighted by Crippen LogP contribution is -1.60. The van der Waals surface area contributed by atoms with Gasteiger partial charge in [-0.1, -0.05) is 11.6 Å². The molecule has 0 unspecified atom stereocenters. The van der Waals surface area contributed by atoms with Gasteiger partial charge in [0, 0.05) is 15.1 Å². The molecular weight excluding hydrogens is 240 g/mol. The Hall–Kier alpha value is 0.820. The van der Waals surface area contributed by atoms with Crippen LogP contribution in [0.1, 0.15) is 4.88 Å². The number of thiol groups is 1. The normalized spacial score (nSPS) is 10.1. The molecule has 0 aliphatic rings. The minimum atomic E-state index is 0.760. The van der Waals surface area contributed by atoms with Gasteiger partial charge in [-0.25, -0.2) is 0 Å². The topological polar surface area (TPSA) is 0 Å². The first-order valence-electron chi connectivity index (χ1n) is 2.28. The lowest BCUT2D eigenvalue weighted by molar-refractivity contribution is 1.56. The smallest absolute Gasteiger partial charge is 0.107 e. The van der Waals surface area contributed by atoms with Crippen LogP contribution in [0, 0.1) is 0 Å². The first-order valence-corrected chi connectivity index (χ1v) is 4.90. The predicted molar refractivity (Wildman–Crippen MR) is 49.7 cm³/mol. The van der Waals surface area contributed by atoms with Crippen molar-refractivity contribution in [2.45, 2.75) is 5.75 Å². The van der Waals surface area contributed by atoms with Gasteiger partial charge < -0.3 is 0 Å². The Labute approximate surface area is 76.8 Å². The molecule has 0 bridgehead atoms. The maximum absolute atomic E-state index is 5.75. The third-order valence-electron chi connectivity index (χ3n) is 0.852. The summed E-state index contributed by atoms with van der Waals surface area (Å²) in [5.41, 5.74) is 0. The average molecular weight is 244 g/mol. The van der Waals surface area contributed by atoms with Crippen LogP contribution in [0.5, 0.6) is 0 Å². The zero-order chi connectivity index (χ0) is 6.85. The first kappa shape index (κ1) is 7.92. The van der Waals surface area contributed by atoms with Gasteiger partial charge in [0.05, 0.1) is 0 Å². The van der Waals surface area contributed by atoms with Gasteiger partial charge in [-0.3, -0.25) is 0 Å². The third-order valence-corrected chi connectivity index (χ3v) is 3.88. The van der Waals surface area contributed by atoms with Crippen molar-refractivity contribution in [1.82, 2.24) is 0 Å². The molecular formula is C5H4BrClS2. The van der Waals surface area contributed by atoms with E-state index in [2.05, 4.69) is 28.6 Å². The monoisotopic (exact) mass is 242 g/mol. The summed E-state index contributed by atoms with van der Waals surface area (Å²) in [6, 6.07) is 1.99. The summed E-state index contributed by atoms with van der Waals surface area (Å²) in [5, 5.41) is 0. The highest BCUT2D eigenvalue weighted by Gasteiger charge is 2.01. The molecule has 0 saturated heterocycles. The number of thiophene rings is 1. The summed E-state index contributed by atoms with van der Waals surface area (Å²) >= 11 is 14.7. The van der Waals surface area contributed by atoms with Crippen LogP contribution in [-0.4, -0.2) is 0 Å². The summed E-state index contributed by atoms with van der Waals surface area (Å²) in [6.45, 7) is 0. The molecule has 1 rings (SSSR count). The van der Waals surface area contributed by atoms with Crippen LogP contribution in [-0.2, 0) is 5.75 Å². The van der Waals surface area contributed by atoms with Crippen molar-refractivity contribution in [1.29, 1.82) is 0 Å². The molecule has 0 amide bonds. The van der Waals surface area contributed by atoms with E-state index in [1.807, 2.05) is 6.07 Å². The molecule has 0 aromatic carbocycles. The lowest BCUT2D eigenvalue weighted by atomic mass is 10.5.